The maximum Gasteiger partial charge on any atom is -0.0146 e. The first-order valence-electron chi connectivity index (χ1n) is 5.84. The van der Waals surface area contributed by atoms with E-state index in [-0.39, 0.29) is 0 Å². The highest BCUT2D eigenvalue weighted by Gasteiger charge is 2.21. The summed E-state index contributed by atoms with van der Waals surface area (Å²) in [5.41, 5.74) is 2.97. The summed E-state index contributed by atoms with van der Waals surface area (Å²) in [5.74, 6) is 0.829. The molecule has 15 heavy (non-hydrogen) atoms. The third-order valence-electron chi connectivity index (χ3n) is 3.72. The van der Waals surface area contributed by atoms with E-state index in [2.05, 4.69) is 43.3 Å². The number of hydrogen-bond acceptors (Lipinski definition) is 0. The van der Waals surface area contributed by atoms with Crippen molar-refractivity contribution in [2.24, 2.45) is 0 Å². The van der Waals surface area contributed by atoms with Crippen molar-refractivity contribution in [3.05, 3.63) is 47.5 Å². The van der Waals surface area contributed by atoms with Gasteiger partial charge in [0, 0.05) is 0 Å². The number of fused-ring (bicyclic) bond motifs is 1. The third-order valence-corrected chi connectivity index (χ3v) is 3.72. The van der Waals surface area contributed by atoms with Crippen LogP contribution in [0.5, 0.6) is 0 Å². The summed E-state index contributed by atoms with van der Waals surface area (Å²) in [6.45, 7) is 2.20. The lowest BCUT2D eigenvalue weighted by atomic mass is 9.78. The maximum atomic E-state index is 2.33. The van der Waals surface area contributed by atoms with Gasteiger partial charge in [0.25, 0.3) is 0 Å². The molecule has 0 saturated heterocycles. The van der Waals surface area contributed by atoms with Crippen molar-refractivity contribution in [1.82, 2.24) is 0 Å². The Hall–Kier alpha value is -1.30. The quantitative estimate of drug-likeness (QED) is 0.633. The fraction of sp³-hybridized carbons (Fsp3) is 0.333. The van der Waals surface area contributed by atoms with Gasteiger partial charge in [0.05, 0.1) is 0 Å². The zero-order chi connectivity index (χ0) is 10.3. The monoisotopic (exact) mass is 196 g/mol. The fourth-order valence-corrected chi connectivity index (χ4v) is 2.55. The summed E-state index contributed by atoms with van der Waals surface area (Å²) in [5, 5.41) is 2.91. The lowest BCUT2D eigenvalue weighted by molar-refractivity contribution is 0.422. The Labute approximate surface area is 90.9 Å². The SMILES string of the molecule is Cc1ccc(C2CCC2)c2ccccc12. The zero-order valence-corrected chi connectivity index (χ0v) is 9.16. The van der Waals surface area contributed by atoms with Gasteiger partial charge in [-0.25, -0.2) is 0 Å². The van der Waals surface area contributed by atoms with E-state index in [0.29, 0.717) is 0 Å². The molecule has 0 aliphatic heterocycles. The third kappa shape index (κ3) is 1.36. The van der Waals surface area contributed by atoms with Crippen LogP contribution in [-0.2, 0) is 0 Å². The highest BCUT2D eigenvalue weighted by atomic mass is 14.3. The van der Waals surface area contributed by atoms with Crippen LogP contribution in [0.4, 0.5) is 0 Å². The molecule has 2 aromatic carbocycles. The van der Waals surface area contributed by atoms with Crippen LogP contribution in [0.3, 0.4) is 0 Å². The van der Waals surface area contributed by atoms with E-state index in [9.17, 15) is 0 Å². The molecule has 0 unspecified atom stereocenters. The van der Waals surface area contributed by atoms with Crippen LogP contribution in [0.25, 0.3) is 10.8 Å². The predicted molar refractivity (Wildman–Crippen MR) is 65.3 cm³/mol. The first-order valence-corrected chi connectivity index (χ1v) is 5.84. The Morgan fingerprint density at radius 2 is 1.67 bits per heavy atom. The summed E-state index contributed by atoms with van der Waals surface area (Å²) in [4.78, 5) is 0. The van der Waals surface area contributed by atoms with Gasteiger partial charge < -0.3 is 0 Å². The minimum Gasteiger partial charge on any atom is -0.0616 e. The van der Waals surface area contributed by atoms with Crippen molar-refractivity contribution >= 4 is 10.8 Å². The second-order valence-electron chi connectivity index (χ2n) is 4.65. The van der Waals surface area contributed by atoms with E-state index in [0.717, 1.165) is 5.92 Å². The lowest BCUT2D eigenvalue weighted by Gasteiger charge is -2.27. The first-order chi connectivity index (χ1) is 7.36. The summed E-state index contributed by atoms with van der Waals surface area (Å²) < 4.78 is 0. The fourth-order valence-electron chi connectivity index (χ4n) is 2.55. The van der Waals surface area contributed by atoms with Crippen LogP contribution in [0.2, 0.25) is 0 Å². The summed E-state index contributed by atoms with van der Waals surface area (Å²) >= 11 is 0. The van der Waals surface area contributed by atoms with E-state index >= 15 is 0 Å². The number of aryl methyl sites for hydroxylation is 1. The van der Waals surface area contributed by atoms with Gasteiger partial charge in [0.2, 0.25) is 0 Å². The largest absolute Gasteiger partial charge is 0.0616 e. The van der Waals surface area contributed by atoms with E-state index in [1.54, 1.807) is 5.56 Å². The smallest absolute Gasteiger partial charge is 0.0146 e. The molecule has 0 spiro atoms. The highest BCUT2D eigenvalue weighted by Crippen LogP contribution is 2.40. The molecular formula is C15H16. The summed E-state index contributed by atoms with van der Waals surface area (Å²) in [6, 6.07) is 13.4. The number of hydrogen-bond donors (Lipinski definition) is 0. The lowest BCUT2D eigenvalue weighted by Crippen LogP contribution is -2.09. The van der Waals surface area contributed by atoms with Gasteiger partial charge in [0.15, 0.2) is 0 Å². The average molecular weight is 196 g/mol. The summed E-state index contributed by atoms with van der Waals surface area (Å²) in [7, 11) is 0. The van der Waals surface area contributed by atoms with E-state index in [1.807, 2.05) is 0 Å². The molecule has 0 N–H and O–H groups in total. The van der Waals surface area contributed by atoms with Gasteiger partial charge in [-0.15, -0.1) is 0 Å². The first kappa shape index (κ1) is 8.96. The second kappa shape index (κ2) is 3.37. The van der Waals surface area contributed by atoms with Gasteiger partial charge in [-0.2, -0.15) is 0 Å². The molecule has 0 bridgehead atoms. The van der Waals surface area contributed by atoms with Gasteiger partial charge in [-0.05, 0) is 47.6 Å². The van der Waals surface area contributed by atoms with Crippen molar-refractivity contribution in [2.45, 2.75) is 32.1 Å². The van der Waals surface area contributed by atoms with Crippen molar-refractivity contribution in [3.8, 4) is 0 Å². The van der Waals surface area contributed by atoms with E-state index in [1.165, 1.54) is 35.6 Å². The molecule has 76 valence electrons. The molecule has 1 fully saturated rings. The molecule has 0 heteroatoms. The normalized spacial score (nSPS) is 16.6. The van der Waals surface area contributed by atoms with Gasteiger partial charge in [-0.3, -0.25) is 0 Å². The van der Waals surface area contributed by atoms with Crippen LogP contribution < -0.4 is 0 Å². The van der Waals surface area contributed by atoms with Gasteiger partial charge in [0.1, 0.15) is 0 Å². The van der Waals surface area contributed by atoms with Crippen molar-refractivity contribution in [1.29, 1.82) is 0 Å². The molecule has 0 heterocycles. The Bertz CT molecular complexity index is 492. The van der Waals surface area contributed by atoms with Crippen molar-refractivity contribution in [2.75, 3.05) is 0 Å². The van der Waals surface area contributed by atoms with Gasteiger partial charge >= 0.3 is 0 Å². The van der Waals surface area contributed by atoms with Crippen LogP contribution in [0.1, 0.15) is 36.3 Å². The Kier molecular flexibility index (Phi) is 2.02. The topological polar surface area (TPSA) is 0 Å². The predicted octanol–water partition coefficient (Wildman–Crippen LogP) is 4.42. The molecule has 0 atom stereocenters. The molecule has 0 nitrogen and oxygen atoms in total. The minimum atomic E-state index is 0.829. The Morgan fingerprint density at radius 1 is 0.933 bits per heavy atom. The van der Waals surface area contributed by atoms with Crippen molar-refractivity contribution < 1.29 is 0 Å². The van der Waals surface area contributed by atoms with Crippen molar-refractivity contribution in [3.63, 3.8) is 0 Å². The molecule has 2 aromatic rings. The molecular weight excluding hydrogens is 180 g/mol. The second-order valence-corrected chi connectivity index (χ2v) is 4.65. The molecule has 0 radical (unpaired) electrons. The highest BCUT2D eigenvalue weighted by molar-refractivity contribution is 5.89. The standard InChI is InChI=1S/C15H16/c1-11-9-10-14(12-5-4-6-12)15-8-3-2-7-13(11)15/h2-3,7-10,12H,4-6H2,1H3. The van der Waals surface area contributed by atoms with Gasteiger partial charge in [-0.1, -0.05) is 42.8 Å². The summed E-state index contributed by atoms with van der Waals surface area (Å²) in [6.07, 6.45) is 4.17. The Balaban J connectivity index is 2.25. The minimum absolute atomic E-state index is 0.829. The molecule has 0 aromatic heterocycles. The molecule has 1 saturated carbocycles. The van der Waals surface area contributed by atoms with E-state index < -0.39 is 0 Å². The number of rotatable bonds is 1. The Morgan fingerprint density at radius 3 is 2.33 bits per heavy atom. The van der Waals surface area contributed by atoms with Crippen LogP contribution in [-0.4, -0.2) is 0 Å². The molecule has 3 rings (SSSR count). The number of benzene rings is 2. The molecule has 1 aliphatic rings. The zero-order valence-electron chi connectivity index (χ0n) is 9.16. The maximum absolute atomic E-state index is 2.33. The molecule has 0 amide bonds. The molecule has 1 aliphatic carbocycles. The van der Waals surface area contributed by atoms with Crippen LogP contribution >= 0.6 is 0 Å². The van der Waals surface area contributed by atoms with Crippen LogP contribution in [0, 0.1) is 6.92 Å². The van der Waals surface area contributed by atoms with Crippen LogP contribution in [0.15, 0.2) is 36.4 Å². The average Bonchev–Trinajstić information content (AvgIpc) is 2.20. The van der Waals surface area contributed by atoms with E-state index in [4.69, 9.17) is 0 Å².